The number of carboxylic acids is 1. The van der Waals surface area contributed by atoms with E-state index in [1.54, 1.807) is 24.3 Å². The lowest BCUT2D eigenvalue weighted by Gasteiger charge is -2.21. The van der Waals surface area contributed by atoms with E-state index in [-0.39, 0.29) is 11.5 Å². The number of fused-ring (bicyclic) bond motifs is 1. The second-order valence-electron chi connectivity index (χ2n) is 6.19. The van der Waals surface area contributed by atoms with Crippen molar-refractivity contribution < 1.29 is 14.7 Å². The Bertz CT molecular complexity index is 737. The Morgan fingerprint density at radius 2 is 1.71 bits per heavy atom. The summed E-state index contributed by atoms with van der Waals surface area (Å²) in [6.45, 7) is 1.48. The predicted octanol–water partition coefficient (Wildman–Crippen LogP) is 3.29. The summed E-state index contributed by atoms with van der Waals surface area (Å²) in [5.41, 5.74) is 3.85. The first-order valence-electron chi connectivity index (χ1n) is 8.30. The van der Waals surface area contributed by atoms with E-state index in [4.69, 9.17) is 5.11 Å². The number of aromatic carboxylic acids is 1. The molecule has 2 aromatic rings. The van der Waals surface area contributed by atoms with Crippen molar-refractivity contribution in [2.24, 2.45) is 0 Å². The second kappa shape index (κ2) is 7.30. The number of hydrogen-bond acceptors (Lipinski definition) is 2. The molecule has 4 heteroatoms. The number of carboxylic acid groups (broad SMARTS) is 1. The monoisotopic (exact) mass is 323 g/mol. The Balaban J connectivity index is 1.60. The summed E-state index contributed by atoms with van der Waals surface area (Å²) in [6, 6.07) is 15.1. The second-order valence-corrected chi connectivity index (χ2v) is 6.19. The van der Waals surface area contributed by atoms with E-state index in [1.807, 2.05) is 11.0 Å². The fourth-order valence-corrected chi connectivity index (χ4v) is 3.14. The number of nitrogens with zero attached hydrogens (tertiary/aromatic N) is 1. The van der Waals surface area contributed by atoms with Crippen molar-refractivity contribution >= 4 is 11.9 Å². The molecule has 1 aliphatic rings. The van der Waals surface area contributed by atoms with Gasteiger partial charge in [-0.2, -0.15) is 0 Å². The van der Waals surface area contributed by atoms with Crippen LogP contribution in [0.3, 0.4) is 0 Å². The summed E-state index contributed by atoms with van der Waals surface area (Å²) in [5.74, 6) is -0.769. The zero-order valence-corrected chi connectivity index (χ0v) is 13.6. The molecule has 0 aliphatic carbocycles. The average molecular weight is 323 g/mol. The van der Waals surface area contributed by atoms with Crippen LogP contribution in [0.1, 0.15) is 39.9 Å². The minimum Gasteiger partial charge on any atom is -0.478 e. The van der Waals surface area contributed by atoms with E-state index < -0.39 is 5.97 Å². The molecule has 24 heavy (non-hydrogen) atoms. The third-order valence-electron chi connectivity index (χ3n) is 4.53. The van der Waals surface area contributed by atoms with Crippen LogP contribution in [-0.2, 0) is 24.2 Å². The van der Waals surface area contributed by atoms with Gasteiger partial charge in [-0.25, -0.2) is 4.79 Å². The molecule has 2 aromatic carbocycles. The maximum Gasteiger partial charge on any atom is 0.335 e. The van der Waals surface area contributed by atoms with E-state index in [0.29, 0.717) is 19.4 Å². The summed E-state index contributed by atoms with van der Waals surface area (Å²) in [7, 11) is 0. The molecule has 0 aromatic heterocycles. The van der Waals surface area contributed by atoms with Crippen LogP contribution < -0.4 is 0 Å². The zero-order chi connectivity index (χ0) is 16.9. The SMILES string of the molecule is O=C(O)c1ccc(CCC(=O)N2CCCc3ccccc3C2)cc1. The topological polar surface area (TPSA) is 57.6 Å². The Hall–Kier alpha value is -2.62. The molecule has 1 aliphatic heterocycles. The van der Waals surface area contributed by atoms with Gasteiger partial charge in [0.15, 0.2) is 0 Å². The molecule has 0 atom stereocenters. The molecule has 0 saturated carbocycles. The van der Waals surface area contributed by atoms with Crippen molar-refractivity contribution in [1.29, 1.82) is 0 Å². The van der Waals surface area contributed by atoms with E-state index in [2.05, 4.69) is 18.2 Å². The van der Waals surface area contributed by atoms with E-state index in [9.17, 15) is 9.59 Å². The molecule has 0 unspecified atom stereocenters. The summed E-state index contributed by atoms with van der Waals surface area (Å²) >= 11 is 0. The fraction of sp³-hybridized carbons (Fsp3) is 0.300. The van der Waals surface area contributed by atoms with Crippen molar-refractivity contribution in [2.75, 3.05) is 6.54 Å². The molecule has 1 N–H and O–H groups in total. The quantitative estimate of drug-likeness (QED) is 0.939. The highest BCUT2D eigenvalue weighted by Crippen LogP contribution is 2.19. The number of carbonyl (C=O) groups excluding carboxylic acids is 1. The minimum absolute atomic E-state index is 0.161. The summed E-state index contributed by atoms with van der Waals surface area (Å²) in [5, 5.41) is 8.91. The number of amides is 1. The number of benzene rings is 2. The van der Waals surface area contributed by atoms with Crippen LogP contribution in [0.5, 0.6) is 0 Å². The van der Waals surface area contributed by atoms with Crippen LogP contribution in [0.2, 0.25) is 0 Å². The van der Waals surface area contributed by atoms with Gasteiger partial charge in [0.1, 0.15) is 0 Å². The van der Waals surface area contributed by atoms with Gasteiger partial charge in [-0.15, -0.1) is 0 Å². The highest BCUT2D eigenvalue weighted by Gasteiger charge is 2.18. The van der Waals surface area contributed by atoms with Gasteiger partial charge in [-0.3, -0.25) is 4.79 Å². The average Bonchev–Trinajstić information content (AvgIpc) is 2.82. The Morgan fingerprint density at radius 3 is 2.42 bits per heavy atom. The Kier molecular flexibility index (Phi) is 4.94. The standard InChI is InChI=1S/C20H21NO3/c22-19(12-9-15-7-10-17(11-8-15)20(23)24)21-13-3-6-16-4-1-2-5-18(16)14-21/h1-2,4-5,7-8,10-11H,3,6,9,12-14H2,(H,23,24). The minimum atomic E-state index is -0.930. The van der Waals surface area contributed by atoms with E-state index in [0.717, 1.165) is 24.9 Å². The number of hydrogen-bond donors (Lipinski definition) is 1. The molecule has 0 bridgehead atoms. The Morgan fingerprint density at radius 1 is 1.00 bits per heavy atom. The van der Waals surface area contributed by atoms with Crippen molar-refractivity contribution in [2.45, 2.75) is 32.2 Å². The van der Waals surface area contributed by atoms with Gasteiger partial charge in [0.2, 0.25) is 5.91 Å². The lowest BCUT2D eigenvalue weighted by atomic mass is 10.0. The van der Waals surface area contributed by atoms with Gasteiger partial charge in [-0.05, 0) is 48.1 Å². The predicted molar refractivity (Wildman–Crippen MR) is 91.9 cm³/mol. The molecular formula is C20H21NO3. The number of aryl methyl sites for hydroxylation is 2. The molecule has 0 saturated heterocycles. The molecule has 1 amide bonds. The van der Waals surface area contributed by atoms with Crippen LogP contribution in [0, 0.1) is 0 Å². The molecule has 0 spiro atoms. The van der Waals surface area contributed by atoms with Crippen molar-refractivity contribution in [1.82, 2.24) is 4.90 Å². The van der Waals surface area contributed by atoms with Crippen LogP contribution in [0.4, 0.5) is 0 Å². The zero-order valence-electron chi connectivity index (χ0n) is 13.6. The first kappa shape index (κ1) is 16.2. The molecule has 0 radical (unpaired) electrons. The fourth-order valence-electron chi connectivity index (χ4n) is 3.14. The molecule has 4 nitrogen and oxygen atoms in total. The van der Waals surface area contributed by atoms with Crippen LogP contribution in [-0.4, -0.2) is 28.4 Å². The summed E-state index contributed by atoms with van der Waals surface area (Å²) in [4.78, 5) is 25.3. The maximum atomic E-state index is 12.5. The first-order chi connectivity index (χ1) is 11.6. The third kappa shape index (κ3) is 3.82. The van der Waals surface area contributed by atoms with Gasteiger partial charge in [-0.1, -0.05) is 36.4 Å². The molecule has 3 rings (SSSR count). The van der Waals surface area contributed by atoms with Gasteiger partial charge in [0, 0.05) is 19.5 Å². The van der Waals surface area contributed by atoms with Crippen LogP contribution in [0.15, 0.2) is 48.5 Å². The summed E-state index contributed by atoms with van der Waals surface area (Å²) in [6.07, 6.45) is 3.11. The maximum absolute atomic E-state index is 12.5. The summed E-state index contributed by atoms with van der Waals surface area (Å²) < 4.78 is 0. The molecule has 1 heterocycles. The third-order valence-corrected chi connectivity index (χ3v) is 4.53. The van der Waals surface area contributed by atoms with E-state index >= 15 is 0 Å². The first-order valence-corrected chi connectivity index (χ1v) is 8.30. The molecule has 0 fully saturated rings. The highest BCUT2D eigenvalue weighted by molar-refractivity contribution is 5.87. The van der Waals surface area contributed by atoms with Gasteiger partial charge in [0.05, 0.1) is 5.56 Å². The van der Waals surface area contributed by atoms with Crippen molar-refractivity contribution in [3.63, 3.8) is 0 Å². The highest BCUT2D eigenvalue weighted by atomic mass is 16.4. The van der Waals surface area contributed by atoms with Crippen molar-refractivity contribution in [3.05, 3.63) is 70.8 Å². The van der Waals surface area contributed by atoms with Gasteiger partial charge >= 0.3 is 5.97 Å². The normalized spacial score (nSPS) is 13.9. The van der Waals surface area contributed by atoms with Gasteiger partial charge < -0.3 is 10.0 Å². The van der Waals surface area contributed by atoms with Crippen LogP contribution in [0.25, 0.3) is 0 Å². The number of rotatable bonds is 4. The van der Waals surface area contributed by atoms with Crippen molar-refractivity contribution in [3.8, 4) is 0 Å². The molecular weight excluding hydrogens is 302 g/mol. The largest absolute Gasteiger partial charge is 0.478 e. The Labute approximate surface area is 141 Å². The number of carbonyl (C=O) groups is 2. The smallest absolute Gasteiger partial charge is 0.335 e. The van der Waals surface area contributed by atoms with Gasteiger partial charge in [0.25, 0.3) is 0 Å². The lowest BCUT2D eigenvalue weighted by molar-refractivity contribution is -0.131. The van der Waals surface area contributed by atoms with Crippen LogP contribution >= 0.6 is 0 Å². The molecule has 124 valence electrons. The van der Waals surface area contributed by atoms with E-state index in [1.165, 1.54) is 11.1 Å². The lowest BCUT2D eigenvalue weighted by Crippen LogP contribution is -2.30.